The number of hydrogen-bond acceptors (Lipinski definition) is 3. The zero-order valence-corrected chi connectivity index (χ0v) is 7.88. The lowest BCUT2D eigenvalue weighted by Gasteiger charge is -2.06. The molecule has 0 aliphatic heterocycles. The van der Waals surface area contributed by atoms with Gasteiger partial charge >= 0.3 is 0 Å². The molecule has 0 unspecified atom stereocenters. The third-order valence-corrected chi connectivity index (χ3v) is 1.79. The predicted octanol–water partition coefficient (Wildman–Crippen LogP) is 2.27. The number of hydrogen-bond donors (Lipinski definition) is 1. The van der Waals surface area contributed by atoms with E-state index in [2.05, 4.69) is 6.58 Å². The van der Waals surface area contributed by atoms with E-state index in [0.717, 1.165) is 0 Å². The van der Waals surface area contributed by atoms with Crippen molar-refractivity contribution in [1.82, 2.24) is 0 Å². The highest BCUT2D eigenvalue weighted by Gasteiger charge is 2.05. The van der Waals surface area contributed by atoms with Gasteiger partial charge in [-0.3, -0.25) is 0 Å². The van der Waals surface area contributed by atoms with Crippen LogP contribution in [0.3, 0.4) is 0 Å². The standard InChI is InChI=1S/C10H10O2S/c1-2-7-12-10(13)8-5-3-4-6-9(8)11/h2-6,11H,1,7H2. The van der Waals surface area contributed by atoms with Crippen molar-refractivity contribution in [2.75, 3.05) is 6.61 Å². The van der Waals surface area contributed by atoms with E-state index in [1.807, 2.05) is 0 Å². The van der Waals surface area contributed by atoms with Crippen LogP contribution < -0.4 is 0 Å². The van der Waals surface area contributed by atoms with E-state index in [1.54, 1.807) is 30.3 Å². The largest absolute Gasteiger partial charge is 0.507 e. The van der Waals surface area contributed by atoms with Crippen LogP contribution in [0.5, 0.6) is 5.75 Å². The second-order valence-corrected chi connectivity index (χ2v) is 2.78. The van der Waals surface area contributed by atoms with Crippen molar-refractivity contribution in [1.29, 1.82) is 0 Å². The topological polar surface area (TPSA) is 29.5 Å². The molecule has 0 atom stereocenters. The summed E-state index contributed by atoms with van der Waals surface area (Å²) in [5.74, 6) is 0.136. The Morgan fingerprint density at radius 2 is 2.23 bits per heavy atom. The third kappa shape index (κ3) is 2.56. The molecule has 0 aliphatic carbocycles. The van der Waals surface area contributed by atoms with Gasteiger partial charge in [0.1, 0.15) is 12.4 Å². The summed E-state index contributed by atoms with van der Waals surface area (Å²) in [5, 5.41) is 9.68. The van der Waals surface area contributed by atoms with Crippen LogP contribution in [0, 0.1) is 0 Å². The van der Waals surface area contributed by atoms with Gasteiger partial charge < -0.3 is 9.84 Å². The molecule has 3 heteroatoms. The minimum atomic E-state index is 0.136. The van der Waals surface area contributed by atoms with Crippen LogP contribution in [0.15, 0.2) is 36.9 Å². The van der Waals surface area contributed by atoms with Crippen molar-refractivity contribution in [2.45, 2.75) is 0 Å². The number of ether oxygens (including phenoxy) is 1. The Morgan fingerprint density at radius 3 is 2.85 bits per heavy atom. The number of thiocarbonyl (C=S) groups is 1. The Labute approximate surface area is 82.5 Å². The normalized spacial score (nSPS) is 9.23. The number of phenolic OH excluding ortho intramolecular Hbond substituents is 1. The van der Waals surface area contributed by atoms with Gasteiger partial charge in [0.05, 0.1) is 5.56 Å². The summed E-state index contributed by atoms with van der Waals surface area (Å²) < 4.78 is 5.11. The van der Waals surface area contributed by atoms with E-state index in [-0.39, 0.29) is 10.8 Å². The molecule has 68 valence electrons. The molecule has 1 aromatic carbocycles. The maximum absolute atomic E-state index is 9.39. The Morgan fingerprint density at radius 1 is 1.54 bits per heavy atom. The van der Waals surface area contributed by atoms with Crippen molar-refractivity contribution in [3.8, 4) is 5.75 Å². The number of phenols is 1. The Balaban J connectivity index is 2.76. The highest BCUT2D eigenvalue weighted by molar-refractivity contribution is 7.80. The van der Waals surface area contributed by atoms with Crippen LogP contribution in [-0.4, -0.2) is 16.8 Å². The summed E-state index contributed by atoms with van der Waals surface area (Å²) in [5.41, 5.74) is 0.541. The average molecular weight is 194 g/mol. The first-order valence-corrected chi connectivity index (χ1v) is 4.22. The van der Waals surface area contributed by atoms with Crippen molar-refractivity contribution in [3.05, 3.63) is 42.5 Å². The number of rotatable bonds is 3. The predicted molar refractivity (Wildman–Crippen MR) is 56.0 cm³/mol. The molecular formula is C10H10O2S. The van der Waals surface area contributed by atoms with Gasteiger partial charge in [-0.15, -0.1) is 0 Å². The van der Waals surface area contributed by atoms with Gasteiger partial charge in [-0.2, -0.15) is 0 Å². The zero-order valence-electron chi connectivity index (χ0n) is 7.06. The average Bonchev–Trinajstić information content (AvgIpc) is 2.15. The van der Waals surface area contributed by atoms with Gasteiger partial charge in [-0.1, -0.05) is 24.8 Å². The second kappa shape index (κ2) is 4.62. The molecule has 13 heavy (non-hydrogen) atoms. The molecule has 0 spiro atoms. The smallest absolute Gasteiger partial charge is 0.195 e. The molecule has 0 bridgehead atoms. The zero-order chi connectivity index (χ0) is 9.68. The molecule has 0 aliphatic rings. The fraction of sp³-hybridized carbons (Fsp3) is 0.100. The molecule has 0 aromatic heterocycles. The molecule has 0 saturated heterocycles. The monoisotopic (exact) mass is 194 g/mol. The summed E-state index contributed by atoms with van der Waals surface area (Å²) in [7, 11) is 0. The van der Waals surface area contributed by atoms with E-state index in [0.29, 0.717) is 12.2 Å². The minimum absolute atomic E-state index is 0.136. The van der Waals surface area contributed by atoms with Gasteiger partial charge in [0.15, 0.2) is 5.05 Å². The lowest BCUT2D eigenvalue weighted by atomic mass is 10.2. The molecule has 0 radical (unpaired) electrons. The second-order valence-electron chi connectivity index (χ2n) is 2.40. The fourth-order valence-electron chi connectivity index (χ4n) is 0.859. The van der Waals surface area contributed by atoms with Crippen molar-refractivity contribution < 1.29 is 9.84 Å². The van der Waals surface area contributed by atoms with Crippen LogP contribution in [-0.2, 0) is 4.74 Å². The van der Waals surface area contributed by atoms with Gasteiger partial charge in [0.2, 0.25) is 0 Å². The molecule has 1 rings (SSSR count). The van der Waals surface area contributed by atoms with Crippen molar-refractivity contribution in [2.24, 2.45) is 0 Å². The van der Waals surface area contributed by atoms with Crippen LogP contribution in [0.25, 0.3) is 0 Å². The lowest BCUT2D eigenvalue weighted by Crippen LogP contribution is -2.03. The fourth-order valence-corrected chi connectivity index (χ4v) is 1.10. The van der Waals surface area contributed by atoms with Gasteiger partial charge in [0, 0.05) is 0 Å². The molecule has 0 saturated carbocycles. The van der Waals surface area contributed by atoms with Gasteiger partial charge in [0.25, 0.3) is 0 Å². The number of para-hydroxylation sites is 1. The summed E-state index contributed by atoms with van der Waals surface area (Å²) in [6.07, 6.45) is 1.60. The van der Waals surface area contributed by atoms with E-state index in [9.17, 15) is 5.11 Å². The molecule has 0 fully saturated rings. The minimum Gasteiger partial charge on any atom is -0.507 e. The molecule has 2 nitrogen and oxygen atoms in total. The Bertz CT molecular complexity index is 320. The summed E-state index contributed by atoms with van der Waals surface area (Å²) in [6.45, 7) is 3.86. The SMILES string of the molecule is C=CCOC(=S)c1ccccc1O. The first-order chi connectivity index (χ1) is 6.25. The van der Waals surface area contributed by atoms with Gasteiger partial charge in [-0.25, -0.2) is 0 Å². The maximum Gasteiger partial charge on any atom is 0.195 e. The van der Waals surface area contributed by atoms with E-state index < -0.39 is 0 Å². The quantitative estimate of drug-likeness (QED) is 0.591. The first-order valence-electron chi connectivity index (χ1n) is 3.81. The van der Waals surface area contributed by atoms with Crippen LogP contribution >= 0.6 is 12.2 Å². The molecular weight excluding hydrogens is 184 g/mol. The van der Waals surface area contributed by atoms with Crippen LogP contribution in [0.2, 0.25) is 0 Å². The van der Waals surface area contributed by atoms with Crippen LogP contribution in [0.1, 0.15) is 5.56 Å². The van der Waals surface area contributed by atoms with Gasteiger partial charge in [-0.05, 0) is 24.4 Å². The Kier molecular flexibility index (Phi) is 3.46. The highest BCUT2D eigenvalue weighted by Crippen LogP contribution is 2.17. The van der Waals surface area contributed by atoms with Crippen molar-refractivity contribution >= 4 is 17.3 Å². The molecule has 0 heterocycles. The molecule has 0 amide bonds. The van der Waals surface area contributed by atoms with E-state index >= 15 is 0 Å². The third-order valence-electron chi connectivity index (χ3n) is 1.46. The van der Waals surface area contributed by atoms with Crippen LogP contribution in [0.4, 0.5) is 0 Å². The Hall–Kier alpha value is -1.35. The van der Waals surface area contributed by atoms with E-state index in [1.165, 1.54) is 0 Å². The molecule has 1 N–H and O–H groups in total. The summed E-state index contributed by atoms with van der Waals surface area (Å²) >= 11 is 4.94. The number of benzene rings is 1. The number of aromatic hydroxyl groups is 1. The van der Waals surface area contributed by atoms with Crippen molar-refractivity contribution in [3.63, 3.8) is 0 Å². The highest BCUT2D eigenvalue weighted by atomic mass is 32.1. The summed E-state index contributed by atoms with van der Waals surface area (Å²) in [6, 6.07) is 6.80. The maximum atomic E-state index is 9.39. The summed E-state index contributed by atoms with van der Waals surface area (Å²) in [4.78, 5) is 0. The first kappa shape index (κ1) is 9.74. The van der Waals surface area contributed by atoms with E-state index in [4.69, 9.17) is 17.0 Å². The molecule has 1 aromatic rings. The lowest BCUT2D eigenvalue weighted by molar-refractivity contribution is 0.359.